The highest BCUT2D eigenvalue weighted by Gasteiger charge is 2.32. The van der Waals surface area contributed by atoms with Gasteiger partial charge in [-0.05, 0) is 43.4 Å². The Hall–Kier alpha value is -2.50. The largest absolute Gasteiger partial charge is 0.462 e. The van der Waals surface area contributed by atoms with E-state index in [1.807, 2.05) is 6.07 Å². The van der Waals surface area contributed by atoms with Crippen molar-refractivity contribution in [2.45, 2.75) is 45.1 Å². The summed E-state index contributed by atoms with van der Waals surface area (Å²) in [5.41, 5.74) is 8.15. The fourth-order valence-corrected chi connectivity index (χ4v) is 3.58. The van der Waals surface area contributed by atoms with Gasteiger partial charge in [-0.2, -0.15) is 0 Å². The van der Waals surface area contributed by atoms with Gasteiger partial charge in [0.25, 0.3) is 0 Å². The first-order chi connectivity index (χ1) is 12.0. The molecule has 2 aliphatic rings. The first kappa shape index (κ1) is 17.3. The van der Waals surface area contributed by atoms with E-state index in [9.17, 15) is 9.59 Å². The first-order valence-corrected chi connectivity index (χ1v) is 8.85. The number of amides is 2. The second kappa shape index (κ2) is 7.59. The molecule has 0 radical (unpaired) electrons. The summed E-state index contributed by atoms with van der Waals surface area (Å²) in [7, 11) is 0. The van der Waals surface area contributed by atoms with E-state index in [-0.39, 0.29) is 12.0 Å². The van der Waals surface area contributed by atoms with Gasteiger partial charge >= 0.3 is 12.0 Å². The predicted molar refractivity (Wildman–Crippen MR) is 95.5 cm³/mol. The van der Waals surface area contributed by atoms with E-state index in [1.54, 1.807) is 25.1 Å². The predicted octanol–water partition coefficient (Wildman–Crippen LogP) is 3.02. The van der Waals surface area contributed by atoms with Crippen molar-refractivity contribution in [1.29, 1.82) is 0 Å². The number of anilines is 1. The second-order valence-corrected chi connectivity index (χ2v) is 6.84. The molecule has 1 aromatic carbocycles. The van der Waals surface area contributed by atoms with Crippen LogP contribution in [0.2, 0.25) is 0 Å². The Morgan fingerprint density at radius 1 is 1.28 bits per heavy atom. The van der Waals surface area contributed by atoms with Crippen molar-refractivity contribution >= 4 is 17.7 Å². The molecule has 6 nitrogen and oxygen atoms in total. The number of nitrogen functional groups attached to an aromatic ring is 1. The Labute approximate surface area is 147 Å². The lowest BCUT2D eigenvalue weighted by Gasteiger charge is -2.29. The maximum Gasteiger partial charge on any atom is 0.338 e. The molecule has 1 unspecified atom stereocenters. The summed E-state index contributed by atoms with van der Waals surface area (Å²) in [6.07, 6.45) is 5.89. The molecule has 3 rings (SSSR count). The number of rotatable bonds is 4. The van der Waals surface area contributed by atoms with Gasteiger partial charge in [0.2, 0.25) is 0 Å². The zero-order valence-corrected chi connectivity index (χ0v) is 14.5. The van der Waals surface area contributed by atoms with Crippen LogP contribution in [0.15, 0.2) is 35.5 Å². The molecule has 1 aromatic rings. The Kier molecular flexibility index (Phi) is 5.26. The highest BCUT2D eigenvalue weighted by Crippen LogP contribution is 2.29. The summed E-state index contributed by atoms with van der Waals surface area (Å²) in [6.45, 7) is 2.16. The van der Waals surface area contributed by atoms with Crippen LogP contribution in [-0.4, -0.2) is 18.6 Å². The minimum absolute atomic E-state index is 0.339. The van der Waals surface area contributed by atoms with Crippen LogP contribution < -0.4 is 16.4 Å². The Morgan fingerprint density at radius 2 is 2.04 bits per heavy atom. The maximum absolute atomic E-state index is 12.7. The summed E-state index contributed by atoms with van der Waals surface area (Å²) in [5.74, 6) is 0.0542. The molecule has 1 aliphatic carbocycles. The Morgan fingerprint density at radius 3 is 2.76 bits per heavy atom. The number of nitrogens with one attached hydrogen (secondary N) is 2. The van der Waals surface area contributed by atoms with Crippen LogP contribution in [0.25, 0.3) is 0 Å². The summed E-state index contributed by atoms with van der Waals surface area (Å²) in [5, 5.41) is 5.45. The third-order valence-corrected chi connectivity index (χ3v) is 4.91. The molecule has 1 atom stereocenters. The van der Waals surface area contributed by atoms with Gasteiger partial charge in [-0.1, -0.05) is 31.4 Å². The number of allylic oxidation sites excluding steroid dienone is 1. The minimum Gasteiger partial charge on any atom is -0.462 e. The molecule has 25 heavy (non-hydrogen) atoms. The number of esters is 1. The average Bonchev–Trinajstić information content (AvgIpc) is 2.60. The van der Waals surface area contributed by atoms with Crippen LogP contribution in [0.4, 0.5) is 10.5 Å². The summed E-state index contributed by atoms with van der Waals surface area (Å²) in [6, 6.07) is 6.28. The van der Waals surface area contributed by atoms with Crippen molar-refractivity contribution in [2.24, 2.45) is 5.92 Å². The smallest absolute Gasteiger partial charge is 0.338 e. The number of urea groups is 1. The molecule has 6 heteroatoms. The Bertz CT molecular complexity index is 693. The fraction of sp³-hybridized carbons (Fsp3) is 0.474. The molecule has 1 heterocycles. The molecular weight excluding hydrogens is 318 g/mol. The van der Waals surface area contributed by atoms with Crippen LogP contribution in [0.1, 0.15) is 50.6 Å². The van der Waals surface area contributed by atoms with Crippen LogP contribution in [-0.2, 0) is 9.53 Å². The zero-order valence-electron chi connectivity index (χ0n) is 14.5. The molecule has 0 spiro atoms. The van der Waals surface area contributed by atoms with Gasteiger partial charge in [0.1, 0.15) is 0 Å². The highest BCUT2D eigenvalue weighted by molar-refractivity contribution is 5.95. The van der Waals surface area contributed by atoms with Crippen LogP contribution in [0.5, 0.6) is 0 Å². The van der Waals surface area contributed by atoms with E-state index in [0.29, 0.717) is 29.5 Å². The van der Waals surface area contributed by atoms with E-state index in [1.165, 1.54) is 19.3 Å². The molecule has 1 aliphatic heterocycles. The van der Waals surface area contributed by atoms with Gasteiger partial charge in [0.05, 0.1) is 18.2 Å². The van der Waals surface area contributed by atoms with Crippen molar-refractivity contribution in [3.05, 3.63) is 41.1 Å². The lowest BCUT2D eigenvalue weighted by molar-refractivity contribution is -0.141. The van der Waals surface area contributed by atoms with Crippen molar-refractivity contribution < 1.29 is 14.3 Å². The first-order valence-electron chi connectivity index (χ1n) is 8.85. The lowest BCUT2D eigenvalue weighted by atomic mass is 9.90. The summed E-state index contributed by atoms with van der Waals surface area (Å²) >= 11 is 0. The van der Waals surface area contributed by atoms with E-state index < -0.39 is 6.04 Å². The molecule has 1 saturated carbocycles. The van der Waals surface area contributed by atoms with E-state index in [4.69, 9.17) is 10.5 Å². The van der Waals surface area contributed by atoms with Gasteiger partial charge in [-0.3, -0.25) is 0 Å². The highest BCUT2D eigenvalue weighted by atomic mass is 16.5. The standard InChI is InChI=1S/C19H25N3O3/c1-12-16(18(23)25-11-13-6-3-2-4-7-13)17(22-19(24)21-12)14-8-5-9-15(20)10-14/h5,8-10,13,17H,2-4,6-7,11,20H2,1H3,(H2,21,22,24). The second-order valence-electron chi connectivity index (χ2n) is 6.84. The van der Waals surface area contributed by atoms with Crippen LogP contribution in [0, 0.1) is 5.92 Å². The van der Waals surface area contributed by atoms with Crippen molar-refractivity contribution in [3.63, 3.8) is 0 Å². The summed E-state index contributed by atoms with van der Waals surface area (Å²) in [4.78, 5) is 24.6. The number of benzene rings is 1. The number of hydrogen-bond donors (Lipinski definition) is 3. The van der Waals surface area contributed by atoms with Gasteiger partial charge in [-0.15, -0.1) is 0 Å². The number of hydrogen-bond acceptors (Lipinski definition) is 4. The quantitative estimate of drug-likeness (QED) is 0.579. The van der Waals surface area contributed by atoms with Crippen molar-refractivity contribution in [2.75, 3.05) is 12.3 Å². The van der Waals surface area contributed by atoms with E-state index >= 15 is 0 Å². The van der Waals surface area contributed by atoms with Crippen LogP contribution in [0.3, 0.4) is 0 Å². The lowest BCUT2D eigenvalue weighted by Crippen LogP contribution is -2.45. The number of ether oxygens (including phenoxy) is 1. The number of carbonyl (C=O) groups excluding carboxylic acids is 2. The molecular formula is C19H25N3O3. The third-order valence-electron chi connectivity index (χ3n) is 4.91. The third kappa shape index (κ3) is 4.13. The van der Waals surface area contributed by atoms with Gasteiger partial charge < -0.3 is 21.1 Å². The zero-order chi connectivity index (χ0) is 17.8. The van der Waals surface area contributed by atoms with Crippen LogP contribution >= 0.6 is 0 Å². The fourth-order valence-electron chi connectivity index (χ4n) is 3.58. The molecule has 4 N–H and O–H groups in total. The monoisotopic (exact) mass is 343 g/mol. The molecule has 0 aromatic heterocycles. The van der Waals surface area contributed by atoms with E-state index in [0.717, 1.165) is 18.4 Å². The van der Waals surface area contributed by atoms with Crippen molar-refractivity contribution in [1.82, 2.24) is 10.6 Å². The number of carbonyl (C=O) groups is 2. The molecule has 134 valence electrons. The molecule has 0 saturated heterocycles. The molecule has 2 amide bonds. The molecule has 0 bridgehead atoms. The maximum atomic E-state index is 12.7. The minimum atomic E-state index is -0.559. The normalized spacial score (nSPS) is 21.5. The summed E-state index contributed by atoms with van der Waals surface area (Å²) < 4.78 is 5.59. The van der Waals surface area contributed by atoms with Gasteiger partial charge in [-0.25, -0.2) is 9.59 Å². The SMILES string of the molecule is CC1=C(C(=O)OCC2CCCCC2)C(c2cccc(N)c2)NC(=O)N1. The average molecular weight is 343 g/mol. The van der Waals surface area contributed by atoms with E-state index in [2.05, 4.69) is 10.6 Å². The van der Waals surface area contributed by atoms with Gasteiger partial charge in [0.15, 0.2) is 0 Å². The van der Waals surface area contributed by atoms with Gasteiger partial charge in [0, 0.05) is 11.4 Å². The van der Waals surface area contributed by atoms with Crippen molar-refractivity contribution in [3.8, 4) is 0 Å². The molecule has 1 fully saturated rings. The Balaban J connectivity index is 1.78. The number of nitrogens with two attached hydrogens (primary N) is 1. The topological polar surface area (TPSA) is 93.4 Å².